The Labute approximate surface area is 117 Å². The van der Waals surface area contributed by atoms with Crippen molar-refractivity contribution < 1.29 is 4.79 Å². The van der Waals surface area contributed by atoms with Gasteiger partial charge < -0.3 is 16.0 Å². The molecule has 3 N–H and O–H groups in total. The molecule has 1 aliphatic heterocycles. The van der Waals surface area contributed by atoms with E-state index in [1.807, 2.05) is 0 Å². The molecule has 0 aromatic heterocycles. The highest BCUT2D eigenvalue weighted by molar-refractivity contribution is 5.77. The first-order valence-corrected chi connectivity index (χ1v) is 7.85. The van der Waals surface area contributed by atoms with Gasteiger partial charge in [0.25, 0.3) is 0 Å². The molecule has 2 aliphatic rings. The lowest BCUT2D eigenvalue weighted by atomic mass is 9.80. The molecule has 0 aromatic carbocycles. The standard InChI is InChI=1S/C15H29N3O/c1-18-10-6-3-7-13(18)12-17-14(19)11-15(16)8-4-2-5-9-15/h13H,2-12,16H2,1H3,(H,17,19). The molecule has 0 radical (unpaired) electrons. The van der Waals surface area contributed by atoms with Gasteiger partial charge in [-0.1, -0.05) is 25.7 Å². The second-order valence-electron chi connectivity index (χ2n) is 6.53. The Morgan fingerprint density at radius 1 is 1.26 bits per heavy atom. The third-order valence-corrected chi connectivity index (χ3v) is 4.82. The summed E-state index contributed by atoms with van der Waals surface area (Å²) in [6.45, 7) is 1.94. The molecule has 2 fully saturated rings. The van der Waals surface area contributed by atoms with Gasteiger partial charge in [0.15, 0.2) is 0 Å². The highest BCUT2D eigenvalue weighted by Gasteiger charge is 2.30. The fourth-order valence-corrected chi connectivity index (χ4v) is 3.45. The van der Waals surface area contributed by atoms with Crippen molar-refractivity contribution >= 4 is 5.91 Å². The minimum atomic E-state index is -0.235. The van der Waals surface area contributed by atoms with Crippen molar-refractivity contribution in [2.75, 3.05) is 20.1 Å². The van der Waals surface area contributed by atoms with Crippen LogP contribution in [-0.2, 0) is 4.79 Å². The second kappa shape index (κ2) is 6.71. The predicted octanol–water partition coefficient (Wildman–Crippen LogP) is 1.64. The summed E-state index contributed by atoms with van der Waals surface area (Å²) < 4.78 is 0. The zero-order valence-corrected chi connectivity index (χ0v) is 12.3. The average molecular weight is 267 g/mol. The van der Waals surface area contributed by atoms with Crippen molar-refractivity contribution in [1.29, 1.82) is 0 Å². The third-order valence-electron chi connectivity index (χ3n) is 4.82. The van der Waals surface area contributed by atoms with Crippen molar-refractivity contribution in [3.8, 4) is 0 Å². The summed E-state index contributed by atoms with van der Waals surface area (Å²) in [6, 6.07) is 0.512. The number of piperidine rings is 1. The lowest BCUT2D eigenvalue weighted by Crippen LogP contribution is -2.49. The molecule has 2 rings (SSSR count). The Kier molecular flexibility index (Phi) is 5.22. The lowest BCUT2D eigenvalue weighted by Gasteiger charge is -2.34. The highest BCUT2D eigenvalue weighted by Crippen LogP contribution is 2.28. The molecule has 1 saturated heterocycles. The number of carbonyl (C=O) groups is 1. The molecule has 1 aliphatic carbocycles. The number of nitrogens with zero attached hydrogens (tertiary/aromatic N) is 1. The highest BCUT2D eigenvalue weighted by atomic mass is 16.1. The van der Waals surface area contributed by atoms with Crippen molar-refractivity contribution in [2.45, 2.75) is 69.4 Å². The minimum absolute atomic E-state index is 0.142. The summed E-state index contributed by atoms with van der Waals surface area (Å²) in [5, 5.41) is 3.09. The SMILES string of the molecule is CN1CCCCC1CNC(=O)CC1(N)CCCCC1. The monoisotopic (exact) mass is 267 g/mol. The molecule has 1 heterocycles. The van der Waals surface area contributed by atoms with E-state index in [4.69, 9.17) is 5.73 Å². The maximum Gasteiger partial charge on any atom is 0.221 e. The maximum absolute atomic E-state index is 12.1. The number of hydrogen-bond acceptors (Lipinski definition) is 3. The first-order valence-electron chi connectivity index (χ1n) is 7.85. The fourth-order valence-electron chi connectivity index (χ4n) is 3.45. The summed E-state index contributed by atoms with van der Waals surface area (Å²) in [5.74, 6) is 0.142. The first kappa shape index (κ1) is 14.8. The van der Waals surface area contributed by atoms with Gasteiger partial charge in [-0.3, -0.25) is 4.79 Å². The van der Waals surface area contributed by atoms with Gasteiger partial charge in [0.05, 0.1) is 0 Å². The maximum atomic E-state index is 12.1. The Balaban J connectivity index is 1.71. The van der Waals surface area contributed by atoms with Crippen LogP contribution < -0.4 is 11.1 Å². The number of rotatable bonds is 4. The van der Waals surface area contributed by atoms with Crippen LogP contribution in [0, 0.1) is 0 Å². The van der Waals surface area contributed by atoms with Crippen LogP contribution in [0.2, 0.25) is 0 Å². The molecule has 4 nitrogen and oxygen atoms in total. The number of likely N-dealkylation sites (N-methyl/N-ethyl adjacent to an activating group) is 1. The van der Waals surface area contributed by atoms with E-state index in [0.29, 0.717) is 12.5 Å². The van der Waals surface area contributed by atoms with Crippen LogP contribution in [0.5, 0.6) is 0 Å². The molecule has 1 atom stereocenters. The zero-order chi connectivity index (χ0) is 13.7. The predicted molar refractivity (Wildman–Crippen MR) is 77.9 cm³/mol. The van der Waals surface area contributed by atoms with E-state index in [1.165, 1.54) is 38.5 Å². The van der Waals surface area contributed by atoms with E-state index in [2.05, 4.69) is 17.3 Å². The molecular formula is C15H29N3O. The quantitative estimate of drug-likeness (QED) is 0.814. The number of nitrogens with one attached hydrogen (secondary N) is 1. The number of nitrogens with two attached hydrogens (primary N) is 1. The summed E-state index contributed by atoms with van der Waals surface area (Å²) >= 11 is 0. The Morgan fingerprint density at radius 2 is 2.00 bits per heavy atom. The van der Waals surface area contributed by atoms with E-state index < -0.39 is 0 Å². The topological polar surface area (TPSA) is 58.4 Å². The van der Waals surface area contributed by atoms with E-state index >= 15 is 0 Å². The van der Waals surface area contributed by atoms with Gasteiger partial charge in [-0.2, -0.15) is 0 Å². The molecule has 0 aromatic rings. The van der Waals surface area contributed by atoms with Gasteiger partial charge in [0.1, 0.15) is 0 Å². The number of likely N-dealkylation sites (tertiary alicyclic amines) is 1. The van der Waals surface area contributed by atoms with Crippen LogP contribution in [-0.4, -0.2) is 42.5 Å². The summed E-state index contributed by atoms with van der Waals surface area (Å²) in [6.07, 6.45) is 9.90. The summed E-state index contributed by atoms with van der Waals surface area (Å²) in [4.78, 5) is 14.4. The smallest absolute Gasteiger partial charge is 0.221 e. The normalized spacial score (nSPS) is 28.0. The van der Waals surface area contributed by atoms with Crippen LogP contribution in [0.1, 0.15) is 57.8 Å². The molecule has 0 spiro atoms. The molecule has 1 saturated carbocycles. The van der Waals surface area contributed by atoms with Gasteiger partial charge in [0.2, 0.25) is 5.91 Å². The molecule has 1 amide bonds. The Morgan fingerprint density at radius 3 is 2.68 bits per heavy atom. The summed E-state index contributed by atoms with van der Waals surface area (Å²) in [5.41, 5.74) is 6.09. The van der Waals surface area contributed by atoms with Gasteiger partial charge >= 0.3 is 0 Å². The summed E-state index contributed by atoms with van der Waals surface area (Å²) in [7, 11) is 2.15. The second-order valence-corrected chi connectivity index (χ2v) is 6.53. The van der Waals surface area contributed by atoms with E-state index in [9.17, 15) is 4.79 Å². The van der Waals surface area contributed by atoms with Crippen molar-refractivity contribution in [2.24, 2.45) is 5.73 Å². The van der Waals surface area contributed by atoms with E-state index in [0.717, 1.165) is 25.9 Å². The van der Waals surface area contributed by atoms with Crippen LogP contribution >= 0.6 is 0 Å². The number of hydrogen-bond donors (Lipinski definition) is 2. The van der Waals surface area contributed by atoms with Crippen LogP contribution in [0.15, 0.2) is 0 Å². The first-order chi connectivity index (χ1) is 9.09. The molecular weight excluding hydrogens is 238 g/mol. The zero-order valence-electron chi connectivity index (χ0n) is 12.3. The Hall–Kier alpha value is -0.610. The third kappa shape index (κ3) is 4.46. The Bertz CT molecular complexity index is 300. The van der Waals surface area contributed by atoms with E-state index in [-0.39, 0.29) is 11.4 Å². The van der Waals surface area contributed by atoms with Gasteiger partial charge in [-0.25, -0.2) is 0 Å². The fraction of sp³-hybridized carbons (Fsp3) is 0.933. The number of carbonyl (C=O) groups excluding carboxylic acids is 1. The molecule has 19 heavy (non-hydrogen) atoms. The van der Waals surface area contributed by atoms with Gasteiger partial charge in [-0.05, 0) is 39.3 Å². The molecule has 0 bridgehead atoms. The van der Waals surface area contributed by atoms with Gasteiger partial charge in [-0.15, -0.1) is 0 Å². The largest absolute Gasteiger partial charge is 0.354 e. The average Bonchev–Trinajstić information content (AvgIpc) is 2.38. The number of amides is 1. The minimum Gasteiger partial charge on any atom is -0.354 e. The van der Waals surface area contributed by atoms with Crippen molar-refractivity contribution in [3.05, 3.63) is 0 Å². The van der Waals surface area contributed by atoms with Crippen LogP contribution in [0.25, 0.3) is 0 Å². The van der Waals surface area contributed by atoms with Crippen molar-refractivity contribution in [1.82, 2.24) is 10.2 Å². The lowest BCUT2D eigenvalue weighted by molar-refractivity contribution is -0.122. The van der Waals surface area contributed by atoms with E-state index in [1.54, 1.807) is 0 Å². The molecule has 1 unspecified atom stereocenters. The van der Waals surface area contributed by atoms with Crippen molar-refractivity contribution in [3.63, 3.8) is 0 Å². The molecule has 110 valence electrons. The van der Waals surface area contributed by atoms with Crippen LogP contribution in [0.4, 0.5) is 0 Å². The molecule has 4 heteroatoms. The van der Waals surface area contributed by atoms with Gasteiger partial charge in [0, 0.05) is 24.5 Å². The van der Waals surface area contributed by atoms with Crippen LogP contribution in [0.3, 0.4) is 0 Å².